The normalized spacial score (nSPS) is 24.9. The first kappa shape index (κ1) is 9.65. The van der Waals surface area contributed by atoms with Crippen molar-refractivity contribution in [1.29, 1.82) is 0 Å². The van der Waals surface area contributed by atoms with Gasteiger partial charge in [0, 0.05) is 34.4 Å². The summed E-state index contributed by atoms with van der Waals surface area (Å²) in [7, 11) is 2.19. The summed E-state index contributed by atoms with van der Waals surface area (Å²) in [6, 6.07) is 2.78. The Morgan fingerprint density at radius 1 is 1.69 bits per heavy atom. The average Bonchev–Trinajstić information content (AvgIpc) is 2.53. The van der Waals surface area contributed by atoms with Crippen molar-refractivity contribution in [2.75, 3.05) is 26.7 Å². The van der Waals surface area contributed by atoms with Crippen LogP contribution in [-0.4, -0.2) is 31.6 Å². The molecule has 2 nitrogen and oxygen atoms in total. The SMILES string of the molecule is CN1CCNCC1c1cc(Br)cs1. The molecule has 0 aliphatic carbocycles. The van der Waals surface area contributed by atoms with Crippen LogP contribution in [0.15, 0.2) is 15.9 Å². The minimum Gasteiger partial charge on any atom is -0.314 e. The van der Waals surface area contributed by atoms with Crippen molar-refractivity contribution in [2.45, 2.75) is 6.04 Å². The number of likely N-dealkylation sites (N-methyl/N-ethyl adjacent to an activating group) is 1. The summed E-state index contributed by atoms with van der Waals surface area (Å²) in [5.41, 5.74) is 0. The largest absolute Gasteiger partial charge is 0.314 e. The van der Waals surface area contributed by atoms with Crippen LogP contribution in [0.3, 0.4) is 0 Å². The molecule has 4 heteroatoms. The van der Waals surface area contributed by atoms with Crippen LogP contribution < -0.4 is 5.32 Å². The van der Waals surface area contributed by atoms with Gasteiger partial charge in [-0.3, -0.25) is 4.90 Å². The molecular formula is C9H13BrN2S. The molecule has 2 rings (SSSR count). The lowest BCUT2D eigenvalue weighted by atomic mass is 10.2. The van der Waals surface area contributed by atoms with E-state index in [1.54, 1.807) is 0 Å². The molecule has 0 aromatic carbocycles. The molecule has 0 amide bonds. The molecule has 0 radical (unpaired) electrons. The Hall–Kier alpha value is 0.1000. The van der Waals surface area contributed by atoms with Gasteiger partial charge in [0.25, 0.3) is 0 Å². The summed E-state index contributed by atoms with van der Waals surface area (Å²) in [4.78, 5) is 3.86. The Bertz CT molecular complexity index is 287. The maximum atomic E-state index is 3.49. The van der Waals surface area contributed by atoms with Crippen molar-refractivity contribution in [3.63, 3.8) is 0 Å². The molecule has 72 valence electrons. The number of rotatable bonds is 1. The van der Waals surface area contributed by atoms with Gasteiger partial charge in [0.05, 0.1) is 6.04 Å². The minimum absolute atomic E-state index is 0.560. The van der Waals surface area contributed by atoms with Gasteiger partial charge in [-0.05, 0) is 29.0 Å². The summed E-state index contributed by atoms with van der Waals surface area (Å²) in [6.45, 7) is 3.32. The van der Waals surface area contributed by atoms with Crippen LogP contribution in [0.2, 0.25) is 0 Å². The van der Waals surface area contributed by atoms with Crippen molar-refractivity contribution in [3.8, 4) is 0 Å². The number of hydrogen-bond donors (Lipinski definition) is 1. The fraction of sp³-hybridized carbons (Fsp3) is 0.556. The topological polar surface area (TPSA) is 15.3 Å². The molecule has 1 unspecified atom stereocenters. The van der Waals surface area contributed by atoms with Crippen LogP contribution in [0, 0.1) is 0 Å². The standard InChI is InChI=1S/C9H13BrN2S/c1-12-3-2-11-5-8(12)9-4-7(10)6-13-9/h4,6,8,11H,2-3,5H2,1H3. The number of thiophene rings is 1. The maximum Gasteiger partial charge on any atom is 0.0564 e. The first-order chi connectivity index (χ1) is 6.27. The van der Waals surface area contributed by atoms with E-state index in [0.29, 0.717) is 6.04 Å². The highest BCUT2D eigenvalue weighted by Gasteiger charge is 2.21. The summed E-state index contributed by atoms with van der Waals surface area (Å²) < 4.78 is 1.20. The van der Waals surface area contributed by atoms with E-state index in [4.69, 9.17) is 0 Å². The number of hydrogen-bond acceptors (Lipinski definition) is 3. The summed E-state index contributed by atoms with van der Waals surface area (Å²) >= 11 is 5.32. The zero-order chi connectivity index (χ0) is 9.26. The second kappa shape index (κ2) is 4.09. The molecule has 0 spiro atoms. The third-order valence-electron chi connectivity index (χ3n) is 2.43. The molecule has 1 saturated heterocycles. The molecule has 1 aromatic heterocycles. The first-order valence-electron chi connectivity index (χ1n) is 4.42. The van der Waals surface area contributed by atoms with E-state index < -0.39 is 0 Å². The Kier molecular flexibility index (Phi) is 3.03. The van der Waals surface area contributed by atoms with Gasteiger partial charge < -0.3 is 5.32 Å². The van der Waals surface area contributed by atoms with Gasteiger partial charge in [-0.15, -0.1) is 11.3 Å². The lowest BCUT2D eigenvalue weighted by Gasteiger charge is -2.32. The highest BCUT2D eigenvalue weighted by atomic mass is 79.9. The van der Waals surface area contributed by atoms with Gasteiger partial charge in [0.15, 0.2) is 0 Å². The third kappa shape index (κ3) is 2.13. The predicted octanol–water partition coefficient (Wildman–Crippen LogP) is 2.09. The molecule has 1 atom stereocenters. The molecule has 0 bridgehead atoms. The molecule has 1 fully saturated rings. The van der Waals surface area contributed by atoms with Crippen LogP contribution in [-0.2, 0) is 0 Å². The molecule has 1 aliphatic rings. The summed E-state index contributed by atoms with van der Waals surface area (Å²) in [5, 5.41) is 5.57. The van der Waals surface area contributed by atoms with E-state index in [-0.39, 0.29) is 0 Å². The van der Waals surface area contributed by atoms with Gasteiger partial charge in [-0.1, -0.05) is 0 Å². The lowest BCUT2D eigenvalue weighted by Crippen LogP contribution is -2.43. The number of nitrogens with one attached hydrogen (secondary N) is 1. The number of nitrogens with zero attached hydrogens (tertiary/aromatic N) is 1. The Labute approximate surface area is 91.1 Å². The van der Waals surface area contributed by atoms with Crippen molar-refractivity contribution in [3.05, 3.63) is 20.8 Å². The predicted molar refractivity (Wildman–Crippen MR) is 60.3 cm³/mol. The van der Waals surface area contributed by atoms with Gasteiger partial charge in [0.1, 0.15) is 0 Å². The van der Waals surface area contributed by atoms with E-state index >= 15 is 0 Å². The van der Waals surface area contributed by atoms with Crippen LogP contribution >= 0.6 is 27.3 Å². The van der Waals surface area contributed by atoms with Crippen LogP contribution in [0.5, 0.6) is 0 Å². The highest BCUT2D eigenvalue weighted by molar-refractivity contribution is 9.10. The quantitative estimate of drug-likeness (QED) is 0.832. The number of halogens is 1. The smallest absolute Gasteiger partial charge is 0.0564 e. The van der Waals surface area contributed by atoms with Gasteiger partial charge in [-0.25, -0.2) is 0 Å². The summed E-state index contributed by atoms with van der Waals surface area (Å²) in [5.74, 6) is 0. The monoisotopic (exact) mass is 260 g/mol. The zero-order valence-corrected chi connectivity index (χ0v) is 9.99. The molecule has 1 N–H and O–H groups in total. The van der Waals surface area contributed by atoms with Crippen LogP contribution in [0.1, 0.15) is 10.9 Å². The van der Waals surface area contributed by atoms with E-state index in [0.717, 1.165) is 19.6 Å². The summed E-state index contributed by atoms with van der Waals surface area (Å²) in [6.07, 6.45) is 0. The van der Waals surface area contributed by atoms with E-state index in [9.17, 15) is 0 Å². The van der Waals surface area contributed by atoms with Crippen LogP contribution in [0.25, 0.3) is 0 Å². The molecule has 13 heavy (non-hydrogen) atoms. The van der Waals surface area contributed by atoms with Crippen molar-refractivity contribution in [2.24, 2.45) is 0 Å². The maximum absolute atomic E-state index is 3.49. The molecule has 0 saturated carbocycles. The van der Waals surface area contributed by atoms with Crippen molar-refractivity contribution >= 4 is 27.3 Å². The van der Waals surface area contributed by atoms with Gasteiger partial charge in [0.2, 0.25) is 0 Å². The third-order valence-corrected chi connectivity index (χ3v) is 4.22. The molecule has 1 aromatic rings. The highest BCUT2D eigenvalue weighted by Crippen LogP contribution is 2.29. The van der Waals surface area contributed by atoms with E-state index in [2.05, 4.69) is 44.6 Å². The Morgan fingerprint density at radius 2 is 2.54 bits per heavy atom. The van der Waals surface area contributed by atoms with E-state index in [1.807, 2.05) is 11.3 Å². The fourth-order valence-electron chi connectivity index (χ4n) is 1.63. The zero-order valence-electron chi connectivity index (χ0n) is 7.59. The van der Waals surface area contributed by atoms with E-state index in [1.165, 1.54) is 9.35 Å². The van der Waals surface area contributed by atoms with Gasteiger partial charge in [-0.2, -0.15) is 0 Å². The van der Waals surface area contributed by atoms with Crippen molar-refractivity contribution < 1.29 is 0 Å². The Morgan fingerprint density at radius 3 is 3.15 bits per heavy atom. The molecule has 1 aliphatic heterocycles. The van der Waals surface area contributed by atoms with Crippen molar-refractivity contribution in [1.82, 2.24) is 10.2 Å². The molecule has 2 heterocycles. The van der Waals surface area contributed by atoms with Crippen LogP contribution in [0.4, 0.5) is 0 Å². The lowest BCUT2D eigenvalue weighted by molar-refractivity contribution is 0.205. The second-order valence-electron chi connectivity index (χ2n) is 3.37. The number of piperazine rings is 1. The van der Waals surface area contributed by atoms with Gasteiger partial charge >= 0.3 is 0 Å². The molecular weight excluding hydrogens is 248 g/mol. The second-order valence-corrected chi connectivity index (χ2v) is 5.23. The average molecular weight is 261 g/mol. The first-order valence-corrected chi connectivity index (χ1v) is 6.09. The fourth-order valence-corrected chi connectivity index (χ4v) is 3.24. The Balaban J connectivity index is 2.14. The minimum atomic E-state index is 0.560.